The molecular formula is C34H27ClF12N10O4. The number of aromatic nitrogens is 5. The molecule has 6 bridgehead atoms. The summed E-state index contributed by atoms with van der Waals surface area (Å²) in [6.45, 7) is 1.80. The van der Waals surface area contributed by atoms with E-state index in [-0.39, 0.29) is 6.04 Å². The minimum Gasteiger partial charge on any atom is -0.356 e. The van der Waals surface area contributed by atoms with E-state index in [4.69, 9.17) is 22.3 Å². The molecule has 2 aliphatic rings. The summed E-state index contributed by atoms with van der Waals surface area (Å²) >= 11 is 6.39. The molecule has 14 nitrogen and oxygen atoms in total. The lowest BCUT2D eigenvalue weighted by Crippen LogP contribution is -2.40. The number of ketones is 4. The van der Waals surface area contributed by atoms with Crippen LogP contribution in [0.3, 0.4) is 0 Å². The van der Waals surface area contributed by atoms with E-state index in [0.29, 0.717) is 22.7 Å². The maximum atomic E-state index is 11.2. The first kappa shape index (κ1) is 47.5. The van der Waals surface area contributed by atoms with E-state index in [1.165, 1.54) is 0 Å². The van der Waals surface area contributed by atoms with Gasteiger partial charge >= 0.3 is 47.8 Å². The lowest BCUT2D eigenvalue weighted by Gasteiger charge is -2.31. The predicted octanol–water partition coefficient (Wildman–Crippen LogP) is 7.07. The minimum atomic E-state index is -5.77. The van der Waals surface area contributed by atoms with Crippen LogP contribution in [0.4, 0.5) is 93.3 Å². The summed E-state index contributed by atoms with van der Waals surface area (Å²) < 4.78 is 134. The van der Waals surface area contributed by atoms with Gasteiger partial charge in [0.25, 0.3) is 0 Å². The summed E-state index contributed by atoms with van der Waals surface area (Å²) in [6, 6.07) is 10.4. The molecule has 0 spiro atoms. The number of pyridine rings is 1. The van der Waals surface area contributed by atoms with Crippen LogP contribution >= 0.6 is 11.6 Å². The number of rotatable bonds is 5. The number of anilines is 7. The van der Waals surface area contributed by atoms with Gasteiger partial charge in [-0.25, -0.2) is 9.97 Å². The zero-order valence-electron chi connectivity index (χ0n) is 30.3. The Kier molecular flexibility index (Phi) is 14.8. The molecule has 61 heavy (non-hydrogen) atoms. The first-order valence-corrected chi connectivity index (χ1v) is 17.3. The van der Waals surface area contributed by atoms with E-state index in [0.717, 1.165) is 72.8 Å². The van der Waals surface area contributed by atoms with Crippen molar-refractivity contribution in [2.45, 2.75) is 56.4 Å². The fourth-order valence-electron chi connectivity index (χ4n) is 5.10. The fraction of sp³-hybridized carbons (Fsp3) is 0.324. The normalized spacial score (nSPS) is 14.4. The smallest absolute Gasteiger partial charge is 0.356 e. The fourth-order valence-corrected chi connectivity index (χ4v) is 5.24. The Morgan fingerprint density at radius 1 is 0.705 bits per heavy atom. The van der Waals surface area contributed by atoms with Gasteiger partial charge in [-0.15, -0.1) is 0 Å². The number of hydrogen-bond donors (Lipinski definition) is 4. The van der Waals surface area contributed by atoms with E-state index in [1.807, 2.05) is 24.4 Å². The number of carbonyl (C=O) groups is 4. The van der Waals surface area contributed by atoms with Crippen molar-refractivity contribution >= 4 is 75.3 Å². The van der Waals surface area contributed by atoms with Crippen molar-refractivity contribution < 1.29 is 71.9 Å². The standard InChI is InChI=1S/C26H27ClN10.2C4F6O2/c27-21-15-31-26-33-20-11-16(13-29-14-20)1-2-17-12-19(32-24(21)36-26)3-4-22(17)34-25-30-8-5-23(35-25)37-9-6-18(28)7-10-37;2*5-3(6,7)1(11)2(12)4(8,9)10/h3-5,8,11-15,18H,1-2,6-7,9-10,28H2,(H,30,34,35)(H2,31,32,33,36);;. The molecule has 0 unspecified atom stereocenters. The largest absolute Gasteiger partial charge is 0.458 e. The van der Waals surface area contributed by atoms with Gasteiger partial charge in [0.1, 0.15) is 10.8 Å². The number of nitrogens with zero attached hydrogens (tertiary/aromatic N) is 6. The third-order valence-corrected chi connectivity index (χ3v) is 8.32. The van der Waals surface area contributed by atoms with Gasteiger partial charge in [0.15, 0.2) is 5.82 Å². The lowest BCUT2D eigenvalue weighted by atomic mass is 10.0. The molecule has 0 amide bonds. The molecule has 0 atom stereocenters. The Morgan fingerprint density at radius 2 is 1.28 bits per heavy atom. The van der Waals surface area contributed by atoms with Crippen molar-refractivity contribution in [1.82, 2.24) is 24.9 Å². The van der Waals surface area contributed by atoms with Crippen molar-refractivity contribution in [3.05, 3.63) is 71.3 Å². The Bertz CT molecular complexity index is 2150. The van der Waals surface area contributed by atoms with E-state index in [2.05, 4.69) is 52.9 Å². The number of alkyl halides is 12. The van der Waals surface area contributed by atoms with Gasteiger partial charge < -0.3 is 26.6 Å². The number of aryl methyl sites for hydroxylation is 2. The minimum absolute atomic E-state index is 0.269. The summed E-state index contributed by atoms with van der Waals surface area (Å²) in [6.07, 6.45) is -12.6. The van der Waals surface area contributed by atoms with E-state index >= 15 is 0 Å². The van der Waals surface area contributed by atoms with Gasteiger partial charge in [-0.2, -0.15) is 62.7 Å². The molecular weight excluding hydrogens is 876 g/mol. The maximum Gasteiger partial charge on any atom is 0.458 e. The molecule has 328 valence electrons. The summed E-state index contributed by atoms with van der Waals surface area (Å²) in [5.74, 6) is -11.2. The Labute approximate surface area is 339 Å². The highest BCUT2D eigenvalue weighted by molar-refractivity contribution is 6.41. The van der Waals surface area contributed by atoms with Gasteiger partial charge in [-0.05, 0) is 67.1 Å². The van der Waals surface area contributed by atoms with Crippen molar-refractivity contribution in [3.63, 3.8) is 0 Å². The SMILES string of the molecule is NC1CCN(c2ccnc(Nc3ccc4cc3CCc3cncc(c3)Nc3ncc(Cl)c(n3)N4)n2)CC1.O=C(C(=O)C(F)(F)F)C(F)(F)F.O=C(C(=O)C(F)(F)F)C(F)(F)F. The van der Waals surface area contributed by atoms with Gasteiger partial charge in [0, 0.05) is 42.9 Å². The van der Waals surface area contributed by atoms with Crippen molar-refractivity contribution in [2.75, 3.05) is 33.9 Å². The number of benzene rings is 1. The second-order valence-electron chi connectivity index (χ2n) is 12.6. The number of hydrogen-bond acceptors (Lipinski definition) is 14. The van der Waals surface area contributed by atoms with Crippen LogP contribution in [-0.2, 0) is 32.0 Å². The Balaban J connectivity index is 0.000000281. The number of fused-ring (bicyclic) bond motifs is 6. The number of carbonyl (C=O) groups excluding carboxylic acids is 4. The van der Waals surface area contributed by atoms with Crippen LogP contribution in [0.5, 0.6) is 0 Å². The highest BCUT2D eigenvalue weighted by Crippen LogP contribution is 2.31. The third-order valence-electron chi connectivity index (χ3n) is 8.04. The summed E-state index contributed by atoms with van der Waals surface area (Å²) in [7, 11) is 0. The second-order valence-corrected chi connectivity index (χ2v) is 13.0. The highest BCUT2D eigenvalue weighted by Gasteiger charge is 2.55. The average Bonchev–Trinajstić information content (AvgIpc) is 3.18. The molecule has 1 saturated heterocycles. The molecule has 0 saturated carbocycles. The highest BCUT2D eigenvalue weighted by atomic mass is 35.5. The van der Waals surface area contributed by atoms with E-state index in [1.54, 1.807) is 18.6 Å². The van der Waals surface area contributed by atoms with Gasteiger partial charge in [0.2, 0.25) is 11.9 Å². The van der Waals surface area contributed by atoms with Crippen molar-refractivity contribution in [1.29, 1.82) is 0 Å². The molecule has 4 aromatic rings. The molecule has 0 aliphatic carbocycles. The molecule has 0 radical (unpaired) electrons. The number of nitrogens with one attached hydrogen (secondary N) is 3. The van der Waals surface area contributed by atoms with Gasteiger partial charge in [-0.1, -0.05) is 11.6 Å². The van der Waals surface area contributed by atoms with E-state index in [9.17, 15) is 71.9 Å². The Hall–Kier alpha value is -6.18. The number of nitrogens with two attached hydrogens (primary N) is 1. The number of halogens is 13. The maximum absolute atomic E-state index is 11.2. The van der Waals surface area contributed by atoms with Crippen LogP contribution < -0.4 is 26.6 Å². The summed E-state index contributed by atoms with van der Waals surface area (Å²) in [5.41, 5.74) is 10.9. The number of Topliss-reactive ketones (excluding diaryl/α,β-unsaturated/α-hetero) is 4. The van der Waals surface area contributed by atoms with Crippen LogP contribution in [-0.4, -0.2) is 91.9 Å². The van der Waals surface area contributed by atoms with Crippen LogP contribution in [0, 0.1) is 0 Å². The predicted molar refractivity (Wildman–Crippen MR) is 191 cm³/mol. The molecule has 1 fully saturated rings. The average molecular weight is 903 g/mol. The second kappa shape index (κ2) is 19.0. The summed E-state index contributed by atoms with van der Waals surface area (Å²) in [5, 5.41) is 10.4. The van der Waals surface area contributed by atoms with Crippen LogP contribution in [0.15, 0.2) is 55.1 Å². The van der Waals surface area contributed by atoms with Gasteiger partial charge in [0.05, 0.1) is 18.1 Å². The molecule has 5 N–H and O–H groups in total. The third kappa shape index (κ3) is 13.7. The first-order chi connectivity index (χ1) is 28.2. The van der Waals surface area contributed by atoms with Crippen LogP contribution in [0.25, 0.3) is 0 Å². The molecule has 2 aliphatic heterocycles. The molecule has 3 aromatic heterocycles. The molecule has 1 aromatic carbocycles. The quantitative estimate of drug-likeness (QED) is 0.117. The monoisotopic (exact) mass is 902 g/mol. The molecule has 6 rings (SSSR count). The van der Waals surface area contributed by atoms with Crippen LogP contribution in [0.2, 0.25) is 5.02 Å². The van der Waals surface area contributed by atoms with E-state index < -0.39 is 47.8 Å². The lowest BCUT2D eigenvalue weighted by molar-refractivity contribution is -0.193. The molecule has 27 heteroatoms. The van der Waals surface area contributed by atoms with Crippen molar-refractivity contribution in [3.8, 4) is 0 Å². The van der Waals surface area contributed by atoms with Crippen molar-refractivity contribution in [2.24, 2.45) is 5.73 Å². The number of piperidine rings is 1. The first-order valence-electron chi connectivity index (χ1n) is 16.9. The topological polar surface area (TPSA) is 198 Å². The van der Waals surface area contributed by atoms with Crippen LogP contribution in [0.1, 0.15) is 24.0 Å². The summed E-state index contributed by atoms with van der Waals surface area (Å²) in [4.78, 5) is 63.2. The van der Waals surface area contributed by atoms with Gasteiger partial charge in [-0.3, -0.25) is 24.2 Å². The zero-order valence-corrected chi connectivity index (χ0v) is 31.1. The molecule has 5 heterocycles. The Morgan fingerprint density at radius 3 is 1.84 bits per heavy atom. The zero-order chi connectivity index (χ0) is 45.5.